The number of aryl methyl sites for hydroxylation is 1. The minimum atomic E-state index is 0.731. The van der Waals surface area contributed by atoms with Crippen molar-refractivity contribution in [2.45, 2.75) is 26.2 Å². The largest absolute Gasteiger partial charge is 0.353 e. The highest BCUT2D eigenvalue weighted by molar-refractivity contribution is 5.43. The molecule has 0 aromatic carbocycles. The van der Waals surface area contributed by atoms with Crippen LogP contribution in [-0.4, -0.2) is 34.2 Å². The molecule has 1 unspecified atom stereocenters. The number of pyridine rings is 1. The lowest BCUT2D eigenvalue weighted by atomic mass is 9.96. The van der Waals surface area contributed by atoms with Gasteiger partial charge in [0.05, 0.1) is 0 Å². The molecule has 2 aromatic rings. The number of nitrogens with zero attached hydrogens (tertiary/aromatic N) is 3. The molecule has 0 radical (unpaired) electrons. The van der Waals surface area contributed by atoms with Crippen LogP contribution in [0.3, 0.4) is 0 Å². The Bertz CT molecular complexity index is 542. The second-order valence-electron chi connectivity index (χ2n) is 5.37. The minimum Gasteiger partial charge on any atom is -0.353 e. The predicted molar refractivity (Wildman–Crippen MR) is 76.4 cm³/mol. The zero-order valence-corrected chi connectivity index (χ0v) is 11.4. The summed E-state index contributed by atoms with van der Waals surface area (Å²) in [5.74, 6) is 1.52. The van der Waals surface area contributed by atoms with Crippen LogP contribution in [0.25, 0.3) is 5.65 Å². The van der Waals surface area contributed by atoms with Crippen molar-refractivity contribution in [1.82, 2.24) is 19.9 Å². The third-order valence-corrected chi connectivity index (χ3v) is 3.71. The second-order valence-corrected chi connectivity index (χ2v) is 5.37. The Kier molecular flexibility index (Phi) is 3.64. The molecule has 1 aliphatic rings. The first-order chi connectivity index (χ1) is 9.31. The van der Waals surface area contributed by atoms with Crippen molar-refractivity contribution in [2.24, 2.45) is 5.92 Å². The van der Waals surface area contributed by atoms with Gasteiger partial charge in [-0.15, -0.1) is 5.10 Å². The average Bonchev–Trinajstić information content (AvgIpc) is 2.82. The van der Waals surface area contributed by atoms with Gasteiger partial charge >= 0.3 is 0 Å². The molecule has 1 fully saturated rings. The number of fused-ring (bicyclic) bond motifs is 1. The Labute approximate surface area is 113 Å². The van der Waals surface area contributed by atoms with Crippen LogP contribution in [0.2, 0.25) is 0 Å². The van der Waals surface area contributed by atoms with Crippen LogP contribution in [-0.2, 0) is 0 Å². The van der Waals surface area contributed by atoms with E-state index < -0.39 is 0 Å². The standard InChI is InChI=1S/C14H21N5/c1-11-4-5-13-17-14(18-19(13)10-11)16-8-6-12-3-2-7-15-9-12/h4-5,10,12,15H,2-3,6-9H2,1H3,(H,16,18). The fourth-order valence-corrected chi connectivity index (χ4v) is 2.62. The lowest BCUT2D eigenvalue weighted by molar-refractivity contribution is 0.364. The lowest BCUT2D eigenvalue weighted by Gasteiger charge is -2.22. The van der Waals surface area contributed by atoms with E-state index in [0.717, 1.165) is 30.6 Å². The smallest absolute Gasteiger partial charge is 0.243 e. The molecule has 0 amide bonds. The van der Waals surface area contributed by atoms with E-state index in [-0.39, 0.29) is 0 Å². The van der Waals surface area contributed by atoms with Gasteiger partial charge in [0.2, 0.25) is 5.95 Å². The lowest BCUT2D eigenvalue weighted by Crippen LogP contribution is -2.30. The zero-order valence-electron chi connectivity index (χ0n) is 11.4. The summed E-state index contributed by atoms with van der Waals surface area (Å²) < 4.78 is 1.83. The number of piperidine rings is 1. The Morgan fingerprint density at radius 1 is 1.47 bits per heavy atom. The van der Waals surface area contributed by atoms with E-state index in [4.69, 9.17) is 0 Å². The SMILES string of the molecule is Cc1ccc2nc(NCCC3CCCNC3)nn2c1. The maximum Gasteiger partial charge on any atom is 0.243 e. The van der Waals surface area contributed by atoms with Crippen molar-refractivity contribution >= 4 is 11.6 Å². The fraction of sp³-hybridized carbons (Fsp3) is 0.571. The molecule has 5 heteroatoms. The molecule has 2 N–H and O–H groups in total. The number of hydrogen-bond donors (Lipinski definition) is 2. The van der Waals surface area contributed by atoms with E-state index in [1.807, 2.05) is 16.8 Å². The summed E-state index contributed by atoms with van der Waals surface area (Å²) in [6.45, 7) is 5.34. The van der Waals surface area contributed by atoms with E-state index in [1.54, 1.807) is 0 Å². The van der Waals surface area contributed by atoms with Crippen LogP contribution >= 0.6 is 0 Å². The molecule has 1 atom stereocenters. The van der Waals surface area contributed by atoms with Crippen LogP contribution in [0.4, 0.5) is 5.95 Å². The Morgan fingerprint density at radius 2 is 2.42 bits per heavy atom. The third kappa shape index (κ3) is 3.04. The van der Waals surface area contributed by atoms with Crippen LogP contribution in [0.1, 0.15) is 24.8 Å². The molecule has 3 heterocycles. The van der Waals surface area contributed by atoms with Crippen LogP contribution in [0.15, 0.2) is 18.3 Å². The van der Waals surface area contributed by atoms with Crippen molar-refractivity contribution in [3.05, 3.63) is 23.9 Å². The van der Waals surface area contributed by atoms with Crippen molar-refractivity contribution in [1.29, 1.82) is 0 Å². The first kappa shape index (κ1) is 12.4. The molecule has 5 nitrogen and oxygen atoms in total. The van der Waals surface area contributed by atoms with Gasteiger partial charge in [-0.1, -0.05) is 6.07 Å². The molecule has 19 heavy (non-hydrogen) atoms. The highest BCUT2D eigenvalue weighted by atomic mass is 15.3. The molecule has 0 aliphatic carbocycles. The molecule has 0 saturated carbocycles. The normalized spacial score (nSPS) is 19.7. The van der Waals surface area contributed by atoms with Crippen LogP contribution < -0.4 is 10.6 Å². The topological polar surface area (TPSA) is 54.2 Å². The van der Waals surface area contributed by atoms with Gasteiger partial charge in [0, 0.05) is 12.7 Å². The maximum atomic E-state index is 4.46. The van der Waals surface area contributed by atoms with Gasteiger partial charge in [0.1, 0.15) is 0 Å². The zero-order chi connectivity index (χ0) is 13.1. The van der Waals surface area contributed by atoms with Crippen molar-refractivity contribution in [3.63, 3.8) is 0 Å². The second kappa shape index (κ2) is 5.57. The fourth-order valence-electron chi connectivity index (χ4n) is 2.62. The van der Waals surface area contributed by atoms with Crippen molar-refractivity contribution in [2.75, 3.05) is 25.0 Å². The molecule has 2 aromatic heterocycles. The van der Waals surface area contributed by atoms with Crippen LogP contribution in [0.5, 0.6) is 0 Å². The minimum absolute atomic E-state index is 0.731. The monoisotopic (exact) mass is 259 g/mol. The number of anilines is 1. The summed E-state index contributed by atoms with van der Waals surface area (Å²) in [4.78, 5) is 4.46. The van der Waals surface area contributed by atoms with E-state index in [1.165, 1.54) is 31.4 Å². The first-order valence-corrected chi connectivity index (χ1v) is 7.09. The maximum absolute atomic E-state index is 4.46. The van der Waals surface area contributed by atoms with Crippen molar-refractivity contribution in [3.8, 4) is 0 Å². The molecule has 1 saturated heterocycles. The molecule has 102 valence electrons. The van der Waals surface area contributed by atoms with E-state index in [0.29, 0.717) is 0 Å². The van der Waals surface area contributed by atoms with Crippen molar-refractivity contribution < 1.29 is 0 Å². The van der Waals surface area contributed by atoms with Gasteiger partial charge in [-0.2, -0.15) is 4.98 Å². The Morgan fingerprint density at radius 3 is 3.26 bits per heavy atom. The number of rotatable bonds is 4. The number of hydrogen-bond acceptors (Lipinski definition) is 4. The molecular weight excluding hydrogens is 238 g/mol. The van der Waals surface area contributed by atoms with E-state index >= 15 is 0 Å². The van der Waals surface area contributed by atoms with Crippen LogP contribution in [0, 0.1) is 12.8 Å². The Balaban J connectivity index is 1.56. The highest BCUT2D eigenvalue weighted by Gasteiger charge is 2.12. The number of aromatic nitrogens is 3. The molecular formula is C14H21N5. The average molecular weight is 259 g/mol. The Hall–Kier alpha value is -1.62. The van der Waals surface area contributed by atoms with E-state index in [2.05, 4.69) is 33.7 Å². The molecule has 3 rings (SSSR count). The van der Waals surface area contributed by atoms with Gasteiger partial charge in [0.25, 0.3) is 0 Å². The van der Waals surface area contributed by atoms with Gasteiger partial charge in [-0.3, -0.25) is 0 Å². The highest BCUT2D eigenvalue weighted by Crippen LogP contribution is 2.14. The molecule has 1 aliphatic heterocycles. The predicted octanol–water partition coefficient (Wildman–Crippen LogP) is 1.84. The quantitative estimate of drug-likeness (QED) is 0.879. The summed E-state index contributed by atoms with van der Waals surface area (Å²) >= 11 is 0. The molecule has 0 bridgehead atoms. The summed E-state index contributed by atoms with van der Waals surface area (Å²) in [7, 11) is 0. The number of nitrogens with one attached hydrogen (secondary N) is 2. The summed E-state index contributed by atoms with van der Waals surface area (Å²) in [6, 6.07) is 4.06. The van der Waals surface area contributed by atoms with E-state index in [9.17, 15) is 0 Å². The van der Waals surface area contributed by atoms with Gasteiger partial charge < -0.3 is 10.6 Å². The van der Waals surface area contributed by atoms with Gasteiger partial charge in [-0.25, -0.2) is 4.52 Å². The molecule has 0 spiro atoms. The van der Waals surface area contributed by atoms with Gasteiger partial charge in [-0.05, 0) is 56.8 Å². The summed E-state index contributed by atoms with van der Waals surface area (Å²) in [6.07, 6.45) is 5.82. The summed E-state index contributed by atoms with van der Waals surface area (Å²) in [5, 5.41) is 11.2. The summed E-state index contributed by atoms with van der Waals surface area (Å²) in [5.41, 5.74) is 2.09. The van der Waals surface area contributed by atoms with Gasteiger partial charge in [0.15, 0.2) is 5.65 Å². The first-order valence-electron chi connectivity index (χ1n) is 7.09. The third-order valence-electron chi connectivity index (χ3n) is 3.71.